The number of carboxylic acid groups (broad SMARTS) is 1. The van der Waals surface area contributed by atoms with Crippen molar-refractivity contribution in [1.82, 2.24) is 0 Å². The molecule has 0 rings (SSSR count). The van der Waals surface area contributed by atoms with Crippen molar-refractivity contribution in [2.24, 2.45) is 0 Å². The lowest BCUT2D eigenvalue weighted by molar-refractivity contribution is -0.441. The molecule has 56 heavy (non-hydrogen) atoms. The number of hydrogen-bond donors (Lipinski definition) is 1. The number of hydrogen-bond acceptors (Lipinski definition) is 8. The van der Waals surface area contributed by atoms with Crippen LogP contribution in [0, 0.1) is 0 Å². The van der Waals surface area contributed by atoms with Crippen molar-refractivity contribution in [3.63, 3.8) is 0 Å². The molecule has 0 saturated carbocycles. The number of aliphatic carboxylic acids is 1. The van der Waals surface area contributed by atoms with E-state index in [0.29, 0.717) is 6.61 Å². The lowest BCUT2D eigenvalue weighted by atomic mass is 10.0. The smallest absolute Gasteiger partial charge is 0.268 e. The molecule has 0 heterocycles. The molecular formula is C46H77NO8P-. The highest BCUT2D eigenvalue weighted by atomic mass is 31.2. The van der Waals surface area contributed by atoms with Crippen molar-refractivity contribution in [1.29, 1.82) is 0 Å². The molecule has 0 radical (unpaired) electrons. The first-order chi connectivity index (χ1) is 26.4. The summed E-state index contributed by atoms with van der Waals surface area (Å²) in [6.45, 7) is 21.1. The molecule has 320 valence electrons. The van der Waals surface area contributed by atoms with Crippen LogP contribution in [0.4, 0.5) is 0 Å². The van der Waals surface area contributed by atoms with Gasteiger partial charge in [0.1, 0.15) is 24.7 Å². The predicted molar refractivity (Wildman–Crippen MR) is 229 cm³/mol. The molecule has 3 N–H and O–H groups in total. The first kappa shape index (κ1) is 53.4. The van der Waals surface area contributed by atoms with E-state index >= 15 is 0 Å². The van der Waals surface area contributed by atoms with E-state index in [0.717, 1.165) is 82.6 Å². The maximum atomic E-state index is 12.3. The molecule has 0 aliphatic carbocycles. The fourth-order valence-electron chi connectivity index (χ4n) is 5.31. The predicted octanol–water partition coefficient (Wildman–Crippen LogP) is 9.54. The van der Waals surface area contributed by atoms with Gasteiger partial charge in [-0.15, -0.1) is 0 Å². The standard InChI is InChI=1S/C46H78NO8P/c1-36(2)17-11-19-38(5)21-13-23-40(7)25-15-27-42(9)29-31-52-33-44(34-54-56(50,51)55-35-45(47)46(48)49)53-32-30-43(10)28-16-26-41(8)24-14-22-39(6)20-12-18-37(3)4/h17-18,21-22,25-26,29-30,44-45H,11-16,19-20,23-24,27-28,31-35,47H2,1-10H3,(H,48,49)(H,50,51)/p-1/b38-21+,39-22+,40-25+,41-26+,42-29+,43-30+/t44-,45-/m0/s1. The molecule has 3 atom stereocenters. The Morgan fingerprint density at radius 1 is 0.536 bits per heavy atom. The fraction of sp³-hybridized carbons (Fsp3) is 0.630. The second-order valence-corrected chi connectivity index (χ2v) is 17.1. The summed E-state index contributed by atoms with van der Waals surface area (Å²) in [6, 6.07) is -1.35. The monoisotopic (exact) mass is 803 g/mol. The molecule has 0 saturated heterocycles. The van der Waals surface area contributed by atoms with E-state index in [2.05, 4.69) is 116 Å². The van der Waals surface area contributed by atoms with Crippen molar-refractivity contribution in [2.45, 2.75) is 158 Å². The van der Waals surface area contributed by atoms with E-state index in [4.69, 9.17) is 14.0 Å². The fourth-order valence-corrected chi connectivity index (χ4v) is 6.09. The van der Waals surface area contributed by atoms with Gasteiger partial charge in [-0.05, 0) is 146 Å². The molecule has 10 heteroatoms. The van der Waals surface area contributed by atoms with Gasteiger partial charge in [0.2, 0.25) is 0 Å². The van der Waals surface area contributed by atoms with Crippen LogP contribution in [0.25, 0.3) is 0 Å². The van der Waals surface area contributed by atoms with Gasteiger partial charge in [-0.25, -0.2) is 0 Å². The summed E-state index contributed by atoms with van der Waals surface area (Å²) >= 11 is 0. The summed E-state index contributed by atoms with van der Waals surface area (Å²) in [5, 5.41) is 10.9. The number of allylic oxidation sites excluding steroid dienone is 14. The number of phosphoric ester groups is 1. The molecule has 0 spiro atoms. The molecule has 9 nitrogen and oxygen atoms in total. The lowest BCUT2D eigenvalue weighted by Gasteiger charge is -2.26. The highest BCUT2D eigenvalue weighted by Crippen LogP contribution is 2.38. The summed E-state index contributed by atoms with van der Waals surface area (Å²) in [5.41, 5.74) is 14.1. The van der Waals surface area contributed by atoms with Crippen molar-refractivity contribution in [3.05, 3.63) is 93.2 Å². The van der Waals surface area contributed by atoms with Crippen LogP contribution < -0.4 is 15.7 Å². The number of rotatable bonds is 32. The topological polar surface area (TPSA) is 145 Å². The van der Waals surface area contributed by atoms with E-state index in [1.54, 1.807) is 0 Å². The molecule has 0 aromatic heterocycles. The normalized spacial score (nSPS) is 15.7. The second-order valence-electron chi connectivity index (χ2n) is 15.6. The van der Waals surface area contributed by atoms with Crippen LogP contribution in [-0.2, 0) is 27.9 Å². The molecule has 0 fully saturated rings. The van der Waals surface area contributed by atoms with Gasteiger partial charge in [-0.1, -0.05) is 93.2 Å². The van der Waals surface area contributed by atoms with Crippen LogP contribution in [0.3, 0.4) is 0 Å². The number of quaternary nitrogens is 1. The highest BCUT2D eigenvalue weighted by Gasteiger charge is 2.18. The van der Waals surface area contributed by atoms with E-state index in [1.165, 1.54) is 39.0 Å². The highest BCUT2D eigenvalue weighted by molar-refractivity contribution is 7.45. The minimum atomic E-state index is -4.80. The number of carbonyl (C=O) groups excluding carboxylic acids is 1. The summed E-state index contributed by atoms with van der Waals surface area (Å²) in [5.74, 6) is -1.51. The van der Waals surface area contributed by atoms with Crippen LogP contribution in [0.5, 0.6) is 0 Å². The Morgan fingerprint density at radius 3 is 1.25 bits per heavy atom. The summed E-state index contributed by atoms with van der Waals surface area (Å²) in [7, 11) is -4.80. The van der Waals surface area contributed by atoms with Crippen LogP contribution in [0.2, 0.25) is 0 Å². The zero-order valence-corrected chi connectivity index (χ0v) is 37.6. The number of carbonyl (C=O) groups is 1. The molecule has 0 aliphatic rings. The van der Waals surface area contributed by atoms with Gasteiger partial charge in [0, 0.05) is 0 Å². The van der Waals surface area contributed by atoms with Crippen LogP contribution in [0.15, 0.2) is 93.2 Å². The molecular weight excluding hydrogens is 725 g/mol. The minimum absolute atomic E-state index is 0.0960. The Hall–Kier alpha value is -2.62. The average Bonchev–Trinajstić information content (AvgIpc) is 3.10. The van der Waals surface area contributed by atoms with Gasteiger partial charge in [-0.2, -0.15) is 0 Å². The third-order valence-corrected chi connectivity index (χ3v) is 10.0. The molecule has 0 aromatic rings. The molecule has 0 aliphatic heterocycles. The Bertz CT molecular complexity index is 1420. The van der Waals surface area contributed by atoms with Gasteiger partial charge in [0.25, 0.3) is 7.82 Å². The maximum absolute atomic E-state index is 12.3. The van der Waals surface area contributed by atoms with E-state index in [1.807, 2.05) is 12.2 Å². The largest absolute Gasteiger partial charge is 0.756 e. The van der Waals surface area contributed by atoms with Gasteiger partial charge in [-0.3, -0.25) is 4.57 Å². The third kappa shape index (κ3) is 33.5. The Morgan fingerprint density at radius 2 is 0.875 bits per heavy atom. The van der Waals surface area contributed by atoms with E-state index in [-0.39, 0.29) is 19.8 Å². The van der Waals surface area contributed by atoms with Crippen LogP contribution >= 0.6 is 7.82 Å². The van der Waals surface area contributed by atoms with Gasteiger partial charge >= 0.3 is 0 Å². The summed E-state index contributed by atoms with van der Waals surface area (Å²) < 4.78 is 33.9. The van der Waals surface area contributed by atoms with Crippen molar-refractivity contribution < 1.29 is 43.6 Å². The zero-order chi connectivity index (χ0) is 42.4. The summed E-state index contributed by atoms with van der Waals surface area (Å²) in [4.78, 5) is 23.2. The SMILES string of the molecule is CC(C)=CCC/C(C)=C/CC/C(C)=C/CC/C(C)=C/COC[C@@H](COP(=O)([O-])OC[C@H]([NH3+])C(=O)[O-])OC/C=C(\C)CC/C=C(\C)CC/C=C(\C)CCC=C(C)C. The zero-order valence-electron chi connectivity index (χ0n) is 36.7. The first-order valence-corrected chi connectivity index (χ1v) is 21.9. The van der Waals surface area contributed by atoms with Crippen LogP contribution in [0.1, 0.15) is 146 Å². The van der Waals surface area contributed by atoms with Crippen molar-refractivity contribution in [2.75, 3.05) is 33.0 Å². The maximum Gasteiger partial charge on any atom is 0.268 e. The minimum Gasteiger partial charge on any atom is -0.756 e. The van der Waals surface area contributed by atoms with Crippen LogP contribution in [-0.4, -0.2) is 51.1 Å². The summed E-state index contributed by atoms with van der Waals surface area (Å²) in [6.07, 6.45) is 29.5. The van der Waals surface area contributed by atoms with E-state index in [9.17, 15) is 19.4 Å². The second kappa shape index (κ2) is 32.3. The Labute approximate surface area is 341 Å². The van der Waals surface area contributed by atoms with Gasteiger partial charge < -0.3 is 39.0 Å². The molecule has 0 aromatic carbocycles. The third-order valence-electron chi connectivity index (χ3n) is 9.11. The first-order valence-electron chi connectivity index (χ1n) is 20.4. The number of carboxylic acids is 1. The van der Waals surface area contributed by atoms with Gasteiger partial charge in [0.05, 0.1) is 26.4 Å². The Kier molecular flexibility index (Phi) is 30.8. The van der Waals surface area contributed by atoms with Crippen molar-refractivity contribution >= 4 is 13.8 Å². The van der Waals surface area contributed by atoms with Gasteiger partial charge in [0.15, 0.2) is 0 Å². The molecule has 0 bridgehead atoms. The van der Waals surface area contributed by atoms with Crippen molar-refractivity contribution in [3.8, 4) is 0 Å². The lowest BCUT2D eigenvalue weighted by Crippen LogP contribution is -2.70. The Balaban J connectivity index is 5.00. The average molecular weight is 803 g/mol. The quantitative estimate of drug-likeness (QED) is 0.0402. The van der Waals surface area contributed by atoms with E-state index < -0.39 is 32.5 Å². The molecule has 0 amide bonds. The number of phosphoric acid groups is 1. The number of ether oxygens (including phenoxy) is 2. The molecule has 1 unspecified atom stereocenters.